The third-order valence-electron chi connectivity index (χ3n) is 3.90. The van der Waals surface area contributed by atoms with Crippen LogP contribution in [0.5, 0.6) is 0 Å². The van der Waals surface area contributed by atoms with E-state index >= 15 is 0 Å². The highest BCUT2D eigenvalue weighted by molar-refractivity contribution is 6.04. The van der Waals surface area contributed by atoms with Gasteiger partial charge in [0.1, 0.15) is 11.4 Å². The van der Waals surface area contributed by atoms with Gasteiger partial charge in [-0.25, -0.2) is 0 Å². The van der Waals surface area contributed by atoms with E-state index in [1.165, 1.54) is 0 Å². The number of carbonyl (C=O) groups excluding carboxylic acids is 1. The fourth-order valence-electron chi connectivity index (χ4n) is 2.79. The van der Waals surface area contributed by atoms with Crippen LogP contribution in [0, 0.1) is 13.8 Å². The van der Waals surface area contributed by atoms with Crippen LogP contribution < -0.4 is 10.9 Å². The molecule has 24 heavy (non-hydrogen) atoms. The molecule has 2 heterocycles. The van der Waals surface area contributed by atoms with Crippen LogP contribution in [0.25, 0.3) is 0 Å². The Bertz CT molecular complexity index is 804. The predicted molar refractivity (Wildman–Crippen MR) is 94.6 cm³/mol. The molecule has 2 rings (SSSR count). The molecule has 1 atom stereocenters. The van der Waals surface area contributed by atoms with Crippen molar-refractivity contribution in [3.05, 3.63) is 45.5 Å². The van der Waals surface area contributed by atoms with Gasteiger partial charge in [-0.1, -0.05) is 0 Å². The molecule has 0 aliphatic heterocycles. The van der Waals surface area contributed by atoms with Gasteiger partial charge < -0.3 is 14.8 Å². The number of amides is 1. The van der Waals surface area contributed by atoms with Gasteiger partial charge in [-0.05, 0) is 46.5 Å². The predicted octanol–water partition coefficient (Wildman–Crippen LogP) is 1.57. The maximum absolute atomic E-state index is 12.8. The number of aromatic nitrogens is 3. The van der Waals surface area contributed by atoms with Crippen LogP contribution in [0.1, 0.15) is 34.6 Å². The standard InChI is InChI=1S/C17H25N5O2/c1-11-7-8-22(13(3)10-20(4)5)17(24)15(11)16(23)18-14-9-12(2)19-21(14)6/h7-9,13H,10H2,1-6H3,(H,18,23). The Hall–Kier alpha value is -2.41. The minimum absolute atomic E-state index is 0.0291. The van der Waals surface area contributed by atoms with Crippen molar-refractivity contribution in [3.63, 3.8) is 0 Å². The highest BCUT2D eigenvalue weighted by Gasteiger charge is 2.19. The summed E-state index contributed by atoms with van der Waals surface area (Å²) in [6, 6.07) is 3.54. The number of rotatable bonds is 5. The zero-order chi connectivity index (χ0) is 18.0. The van der Waals surface area contributed by atoms with E-state index in [9.17, 15) is 9.59 Å². The fourth-order valence-corrected chi connectivity index (χ4v) is 2.79. The normalized spacial score (nSPS) is 12.5. The van der Waals surface area contributed by atoms with Gasteiger partial charge in [-0.3, -0.25) is 14.3 Å². The van der Waals surface area contributed by atoms with Crippen molar-refractivity contribution in [3.8, 4) is 0 Å². The van der Waals surface area contributed by atoms with Crippen LogP contribution in [-0.2, 0) is 7.05 Å². The summed E-state index contributed by atoms with van der Waals surface area (Å²) in [5, 5.41) is 6.97. The van der Waals surface area contributed by atoms with Crippen molar-refractivity contribution in [1.82, 2.24) is 19.2 Å². The van der Waals surface area contributed by atoms with Gasteiger partial charge in [0.2, 0.25) is 0 Å². The van der Waals surface area contributed by atoms with Gasteiger partial charge in [0, 0.05) is 31.9 Å². The van der Waals surface area contributed by atoms with Gasteiger partial charge in [-0.2, -0.15) is 5.10 Å². The maximum Gasteiger partial charge on any atom is 0.263 e. The van der Waals surface area contributed by atoms with E-state index in [4.69, 9.17) is 0 Å². The van der Waals surface area contributed by atoms with E-state index in [0.717, 1.165) is 5.69 Å². The zero-order valence-electron chi connectivity index (χ0n) is 15.1. The number of pyridine rings is 1. The molecule has 0 aromatic carbocycles. The van der Waals surface area contributed by atoms with Crippen molar-refractivity contribution < 1.29 is 4.79 Å². The molecule has 0 saturated carbocycles. The van der Waals surface area contributed by atoms with E-state index in [-0.39, 0.29) is 17.2 Å². The Morgan fingerprint density at radius 3 is 2.58 bits per heavy atom. The number of carbonyl (C=O) groups is 1. The van der Waals surface area contributed by atoms with Crippen LogP contribution in [0.15, 0.2) is 23.1 Å². The molecule has 0 aliphatic carbocycles. The Morgan fingerprint density at radius 2 is 2.04 bits per heavy atom. The summed E-state index contributed by atoms with van der Waals surface area (Å²) < 4.78 is 3.19. The van der Waals surface area contributed by atoms with Gasteiger partial charge in [0.15, 0.2) is 0 Å². The highest BCUT2D eigenvalue weighted by atomic mass is 16.2. The molecular weight excluding hydrogens is 306 g/mol. The number of nitrogens with one attached hydrogen (secondary N) is 1. The lowest BCUT2D eigenvalue weighted by atomic mass is 10.1. The van der Waals surface area contributed by atoms with Crippen molar-refractivity contribution in [2.24, 2.45) is 7.05 Å². The molecule has 1 unspecified atom stereocenters. The molecule has 0 radical (unpaired) electrons. The minimum atomic E-state index is -0.410. The smallest absolute Gasteiger partial charge is 0.263 e. The second-order valence-corrected chi connectivity index (χ2v) is 6.45. The van der Waals surface area contributed by atoms with Crippen molar-refractivity contribution in [2.75, 3.05) is 26.0 Å². The summed E-state index contributed by atoms with van der Waals surface area (Å²) >= 11 is 0. The summed E-state index contributed by atoms with van der Waals surface area (Å²) in [6.45, 7) is 6.29. The van der Waals surface area contributed by atoms with Gasteiger partial charge in [-0.15, -0.1) is 0 Å². The topological polar surface area (TPSA) is 72.2 Å². The summed E-state index contributed by atoms with van der Waals surface area (Å²) in [4.78, 5) is 27.4. The average molecular weight is 331 g/mol. The Balaban J connectivity index is 2.37. The Labute approximate surface area is 141 Å². The molecule has 0 aliphatic rings. The molecule has 2 aromatic heterocycles. The quantitative estimate of drug-likeness (QED) is 0.903. The molecule has 130 valence electrons. The molecular formula is C17H25N5O2. The average Bonchev–Trinajstić information content (AvgIpc) is 2.75. The van der Waals surface area contributed by atoms with Gasteiger partial charge >= 0.3 is 0 Å². The number of anilines is 1. The molecule has 1 amide bonds. The molecule has 0 spiro atoms. The summed E-state index contributed by atoms with van der Waals surface area (Å²) in [6.07, 6.45) is 1.75. The molecule has 1 N–H and O–H groups in total. The number of hydrogen-bond donors (Lipinski definition) is 1. The monoisotopic (exact) mass is 331 g/mol. The maximum atomic E-state index is 12.8. The van der Waals surface area contributed by atoms with Crippen molar-refractivity contribution in [1.29, 1.82) is 0 Å². The number of aryl methyl sites for hydroxylation is 3. The second kappa shape index (κ2) is 7.00. The largest absolute Gasteiger partial charge is 0.311 e. The van der Waals surface area contributed by atoms with E-state index < -0.39 is 5.91 Å². The first-order chi connectivity index (χ1) is 11.2. The lowest BCUT2D eigenvalue weighted by molar-refractivity contribution is 0.102. The van der Waals surface area contributed by atoms with Crippen LogP contribution in [0.4, 0.5) is 5.82 Å². The third kappa shape index (κ3) is 3.73. The Morgan fingerprint density at radius 1 is 1.38 bits per heavy atom. The summed E-state index contributed by atoms with van der Waals surface area (Å²) in [5.41, 5.74) is 1.35. The Kier molecular flexibility index (Phi) is 5.23. The molecule has 0 fully saturated rings. The van der Waals surface area contributed by atoms with Gasteiger partial charge in [0.05, 0.1) is 5.69 Å². The SMILES string of the molecule is Cc1cc(NC(=O)c2c(C)ccn(C(C)CN(C)C)c2=O)n(C)n1. The van der Waals surface area contributed by atoms with E-state index in [2.05, 4.69) is 10.4 Å². The van der Waals surface area contributed by atoms with Gasteiger partial charge in [0.25, 0.3) is 11.5 Å². The molecule has 0 saturated heterocycles. The van der Waals surface area contributed by atoms with Crippen LogP contribution >= 0.6 is 0 Å². The van der Waals surface area contributed by atoms with Crippen LogP contribution in [-0.4, -0.2) is 45.8 Å². The number of hydrogen-bond acceptors (Lipinski definition) is 4. The van der Waals surface area contributed by atoms with Crippen LogP contribution in [0.3, 0.4) is 0 Å². The van der Waals surface area contributed by atoms with Crippen molar-refractivity contribution >= 4 is 11.7 Å². The summed E-state index contributed by atoms with van der Waals surface area (Å²) in [7, 11) is 5.65. The van der Waals surface area contributed by atoms with E-state index in [1.54, 1.807) is 41.5 Å². The molecule has 7 nitrogen and oxygen atoms in total. The molecule has 7 heteroatoms. The lowest BCUT2D eigenvalue weighted by Crippen LogP contribution is -2.35. The van der Waals surface area contributed by atoms with E-state index in [1.807, 2.05) is 32.8 Å². The minimum Gasteiger partial charge on any atom is -0.311 e. The zero-order valence-corrected chi connectivity index (χ0v) is 15.1. The number of nitrogens with zero attached hydrogens (tertiary/aromatic N) is 4. The molecule has 2 aromatic rings. The first kappa shape index (κ1) is 17.9. The van der Waals surface area contributed by atoms with Crippen molar-refractivity contribution in [2.45, 2.75) is 26.8 Å². The first-order valence-electron chi connectivity index (χ1n) is 7.89. The molecule has 0 bridgehead atoms. The first-order valence-corrected chi connectivity index (χ1v) is 7.89. The third-order valence-corrected chi connectivity index (χ3v) is 3.90. The fraction of sp³-hybridized carbons (Fsp3) is 0.471. The lowest BCUT2D eigenvalue weighted by Gasteiger charge is -2.20. The summed E-state index contributed by atoms with van der Waals surface area (Å²) in [5.74, 6) is 0.153. The highest BCUT2D eigenvalue weighted by Crippen LogP contribution is 2.12. The van der Waals surface area contributed by atoms with E-state index in [0.29, 0.717) is 17.9 Å². The van der Waals surface area contributed by atoms with Crippen LogP contribution in [0.2, 0.25) is 0 Å². The number of likely N-dealkylation sites (N-methyl/N-ethyl adjacent to an activating group) is 1. The second-order valence-electron chi connectivity index (χ2n) is 6.45.